The average molecular weight is 417 g/mol. The van der Waals surface area contributed by atoms with E-state index < -0.39 is 0 Å². The number of hydrogen-bond acceptors (Lipinski definition) is 7. The molecule has 0 radical (unpaired) electrons. The third-order valence-corrected chi connectivity index (χ3v) is 5.70. The number of ether oxygens (including phenoxy) is 1. The predicted octanol–water partition coefficient (Wildman–Crippen LogP) is 4.11. The zero-order chi connectivity index (χ0) is 21.1. The standard InChI is InChI=1S/C22H19N5O2S/c1-26(19-12-17(13-23)30-22(19)25-21(24)14-28)16-7-8-20-18(11-16)27(9-10-29-20)15-5-3-2-4-6-15/h2-8,11-12,14H,9-10H2,1H3,(H2,24,25). The highest BCUT2D eigenvalue weighted by Crippen LogP contribution is 2.44. The maximum absolute atomic E-state index is 10.9. The van der Waals surface area contributed by atoms with Crippen LogP contribution in [0.15, 0.2) is 59.6 Å². The van der Waals surface area contributed by atoms with Crippen molar-refractivity contribution in [1.82, 2.24) is 0 Å². The van der Waals surface area contributed by atoms with Crippen LogP contribution in [0, 0.1) is 11.3 Å². The minimum absolute atomic E-state index is 0.134. The zero-order valence-electron chi connectivity index (χ0n) is 16.3. The van der Waals surface area contributed by atoms with E-state index >= 15 is 0 Å². The molecule has 0 aliphatic carbocycles. The minimum Gasteiger partial charge on any atom is -0.490 e. The van der Waals surface area contributed by atoms with Gasteiger partial charge in [0.05, 0.1) is 17.9 Å². The normalized spacial score (nSPS) is 13.2. The lowest BCUT2D eigenvalue weighted by Gasteiger charge is -2.32. The first-order chi connectivity index (χ1) is 14.6. The van der Waals surface area contributed by atoms with Crippen LogP contribution in [0.1, 0.15) is 4.88 Å². The molecule has 1 aliphatic rings. The zero-order valence-corrected chi connectivity index (χ0v) is 17.1. The molecule has 30 heavy (non-hydrogen) atoms. The highest BCUT2D eigenvalue weighted by Gasteiger charge is 2.22. The summed E-state index contributed by atoms with van der Waals surface area (Å²) in [6, 6.07) is 20.0. The molecule has 7 nitrogen and oxygen atoms in total. The lowest BCUT2D eigenvalue weighted by molar-refractivity contribution is -0.102. The van der Waals surface area contributed by atoms with E-state index in [0.717, 1.165) is 29.4 Å². The largest absolute Gasteiger partial charge is 0.490 e. The Morgan fingerprint density at radius 3 is 2.83 bits per heavy atom. The predicted molar refractivity (Wildman–Crippen MR) is 120 cm³/mol. The van der Waals surface area contributed by atoms with Crippen LogP contribution in [0.3, 0.4) is 0 Å². The fourth-order valence-corrected chi connectivity index (χ4v) is 4.20. The summed E-state index contributed by atoms with van der Waals surface area (Å²) in [6.07, 6.45) is 0.490. The van der Waals surface area contributed by atoms with Gasteiger partial charge in [-0.05, 0) is 36.4 Å². The summed E-state index contributed by atoms with van der Waals surface area (Å²) in [6.45, 7) is 1.35. The van der Waals surface area contributed by atoms with Gasteiger partial charge in [0.1, 0.15) is 28.3 Å². The molecule has 0 atom stereocenters. The maximum Gasteiger partial charge on any atom is 0.184 e. The summed E-state index contributed by atoms with van der Waals surface area (Å²) in [5.41, 5.74) is 9.25. The summed E-state index contributed by atoms with van der Waals surface area (Å²) < 4.78 is 5.85. The van der Waals surface area contributed by atoms with Gasteiger partial charge >= 0.3 is 0 Å². The van der Waals surface area contributed by atoms with Crippen LogP contribution in [0.5, 0.6) is 5.75 Å². The van der Waals surface area contributed by atoms with E-state index in [0.29, 0.717) is 28.5 Å². The Kier molecular flexibility index (Phi) is 5.37. The summed E-state index contributed by atoms with van der Waals surface area (Å²) in [4.78, 5) is 19.7. The molecule has 0 unspecified atom stereocenters. The second-order valence-corrected chi connectivity index (χ2v) is 7.64. The van der Waals surface area contributed by atoms with Gasteiger partial charge in [-0.3, -0.25) is 4.79 Å². The third-order valence-electron chi connectivity index (χ3n) is 4.78. The molecule has 0 spiro atoms. The number of fused-ring (bicyclic) bond motifs is 1. The lowest BCUT2D eigenvalue weighted by Crippen LogP contribution is -2.28. The lowest BCUT2D eigenvalue weighted by atomic mass is 10.1. The molecule has 150 valence electrons. The quantitative estimate of drug-likeness (QED) is 0.381. The Morgan fingerprint density at radius 2 is 2.10 bits per heavy atom. The first-order valence-corrected chi connectivity index (χ1v) is 10.1. The van der Waals surface area contributed by atoms with Crippen LogP contribution in [0.2, 0.25) is 0 Å². The molecule has 1 aliphatic heterocycles. The Hall–Kier alpha value is -3.83. The second-order valence-electron chi connectivity index (χ2n) is 6.61. The van der Waals surface area contributed by atoms with Crippen LogP contribution in [-0.2, 0) is 4.79 Å². The molecule has 0 saturated carbocycles. The fourth-order valence-electron chi connectivity index (χ4n) is 3.32. The van der Waals surface area contributed by atoms with Gasteiger partial charge in [0.25, 0.3) is 0 Å². The van der Waals surface area contributed by atoms with Gasteiger partial charge in [-0.15, -0.1) is 11.3 Å². The smallest absolute Gasteiger partial charge is 0.184 e. The van der Waals surface area contributed by atoms with Gasteiger partial charge in [0, 0.05) is 18.4 Å². The van der Waals surface area contributed by atoms with Crippen molar-refractivity contribution in [3.05, 3.63) is 59.5 Å². The number of aliphatic imine (C=N–C) groups is 1. The van der Waals surface area contributed by atoms with Crippen LogP contribution in [-0.4, -0.2) is 32.3 Å². The highest BCUT2D eigenvalue weighted by atomic mass is 32.1. The number of anilines is 4. The van der Waals surface area contributed by atoms with Crippen LogP contribution in [0.4, 0.5) is 27.8 Å². The Labute approximate surface area is 178 Å². The van der Waals surface area contributed by atoms with E-state index in [1.165, 1.54) is 11.3 Å². The fraction of sp³-hybridized carbons (Fsp3) is 0.136. The van der Waals surface area contributed by atoms with Gasteiger partial charge < -0.3 is 20.3 Å². The van der Waals surface area contributed by atoms with Crippen LogP contribution < -0.4 is 20.3 Å². The molecule has 2 aromatic carbocycles. The molecule has 0 bridgehead atoms. The van der Waals surface area contributed by atoms with Crippen molar-refractivity contribution in [2.75, 3.05) is 30.0 Å². The number of nitriles is 1. The number of amidine groups is 1. The summed E-state index contributed by atoms with van der Waals surface area (Å²) in [5, 5.41) is 9.81. The minimum atomic E-state index is -0.134. The molecular formula is C22H19N5O2S. The number of rotatable bonds is 5. The van der Waals surface area contributed by atoms with Crippen LogP contribution >= 0.6 is 11.3 Å². The molecule has 4 rings (SSSR count). The number of para-hydroxylation sites is 1. The van der Waals surface area contributed by atoms with Crippen molar-refractivity contribution in [3.8, 4) is 11.8 Å². The Bertz CT molecular complexity index is 1150. The summed E-state index contributed by atoms with van der Waals surface area (Å²) >= 11 is 1.19. The number of aldehydes is 1. The molecule has 0 amide bonds. The number of hydrogen-bond donors (Lipinski definition) is 1. The molecule has 2 heterocycles. The number of nitrogens with zero attached hydrogens (tertiary/aromatic N) is 4. The van der Waals surface area contributed by atoms with Crippen molar-refractivity contribution < 1.29 is 9.53 Å². The van der Waals surface area contributed by atoms with Crippen molar-refractivity contribution in [2.24, 2.45) is 10.7 Å². The molecular weight excluding hydrogens is 398 g/mol. The average Bonchev–Trinajstić information content (AvgIpc) is 3.21. The molecule has 8 heteroatoms. The number of thiophene rings is 1. The summed E-state index contributed by atoms with van der Waals surface area (Å²) in [5.74, 6) is 0.679. The van der Waals surface area contributed by atoms with E-state index in [1.807, 2.05) is 48.3 Å². The number of carbonyl (C=O) groups is 1. The number of carbonyl (C=O) groups excluding carboxylic acids is 1. The van der Waals surface area contributed by atoms with Gasteiger partial charge in [-0.1, -0.05) is 18.2 Å². The van der Waals surface area contributed by atoms with Crippen molar-refractivity contribution in [1.29, 1.82) is 5.26 Å². The Morgan fingerprint density at radius 1 is 1.30 bits per heavy atom. The second kappa shape index (κ2) is 8.27. The third kappa shape index (κ3) is 3.71. The number of benzene rings is 2. The van der Waals surface area contributed by atoms with Gasteiger partial charge in [-0.2, -0.15) is 5.26 Å². The molecule has 0 fully saturated rings. The molecule has 2 N–H and O–H groups in total. The molecule has 3 aromatic rings. The van der Waals surface area contributed by atoms with E-state index in [9.17, 15) is 10.1 Å². The van der Waals surface area contributed by atoms with Gasteiger partial charge in [-0.25, -0.2) is 4.99 Å². The monoisotopic (exact) mass is 417 g/mol. The number of nitrogens with two attached hydrogens (primary N) is 1. The molecule has 1 aromatic heterocycles. The van der Waals surface area contributed by atoms with E-state index in [-0.39, 0.29) is 5.84 Å². The first kappa shape index (κ1) is 19.5. The maximum atomic E-state index is 10.9. The van der Waals surface area contributed by atoms with Crippen molar-refractivity contribution in [2.45, 2.75) is 0 Å². The van der Waals surface area contributed by atoms with E-state index in [1.54, 1.807) is 6.07 Å². The molecule has 0 saturated heterocycles. The van der Waals surface area contributed by atoms with Crippen LogP contribution in [0.25, 0.3) is 0 Å². The summed E-state index contributed by atoms with van der Waals surface area (Å²) in [7, 11) is 1.89. The van der Waals surface area contributed by atoms with Crippen molar-refractivity contribution >= 4 is 51.2 Å². The van der Waals surface area contributed by atoms with Crippen molar-refractivity contribution in [3.63, 3.8) is 0 Å². The first-order valence-electron chi connectivity index (χ1n) is 9.27. The van der Waals surface area contributed by atoms with Gasteiger partial charge in [0.2, 0.25) is 0 Å². The highest BCUT2D eigenvalue weighted by molar-refractivity contribution is 7.17. The SMILES string of the molecule is CN(c1ccc2c(c1)N(c1ccccc1)CCO2)c1cc(C#N)sc1/N=C(/N)C=O. The van der Waals surface area contributed by atoms with E-state index in [2.05, 4.69) is 28.1 Å². The van der Waals surface area contributed by atoms with Gasteiger partial charge in [0.15, 0.2) is 12.1 Å². The Balaban J connectivity index is 1.75. The van der Waals surface area contributed by atoms with E-state index in [4.69, 9.17) is 10.5 Å². The topological polar surface area (TPSA) is 94.9 Å².